The minimum absolute atomic E-state index is 0.273. The normalized spacial score (nSPS) is 15.6. The third-order valence-electron chi connectivity index (χ3n) is 3.42. The zero-order valence-corrected chi connectivity index (χ0v) is 12.2. The summed E-state index contributed by atoms with van der Waals surface area (Å²) in [6.45, 7) is 2.73. The van der Waals surface area contributed by atoms with E-state index in [1.807, 2.05) is 0 Å². The molecule has 0 atom stereocenters. The fraction of sp³-hybridized carbons (Fsp3) is 0.600. The van der Waals surface area contributed by atoms with Crippen LogP contribution in [-0.2, 0) is 6.54 Å². The number of hydrogen-bond acceptors (Lipinski definition) is 2. The molecule has 1 fully saturated rings. The Kier molecular flexibility index (Phi) is 4.76. The van der Waals surface area contributed by atoms with Crippen molar-refractivity contribution in [3.8, 4) is 0 Å². The molecule has 0 radical (unpaired) electrons. The van der Waals surface area contributed by atoms with E-state index in [9.17, 15) is 17.6 Å². The Balaban J connectivity index is 2.17. The van der Waals surface area contributed by atoms with E-state index in [-0.39, 0.29) is 11.7 Å². The van der Waals surface area contributed by atoms with Gasteiger partial charge in [-0.2, -0.15) is 13.2 Å². The van der Waals surface area contributed by atoms with E-state index in [2.05, 4.69) is 5.32 Å². The summed E-state index contributed by atoms with van der Waals surface area (Å²) >= 11 is 0. The van der Waals surface area contributed by atoms with Gasteiger partial charge in [0.2, 0.25) is 0 Å². The molecule has 1 aliphatic rings. The average Bonchev–Trinajstić information content (AvgIpc) is 3.15. The van der Waals surface area contributed by atoms with Crippen LogP contribution in [0.4, 0.5) is 23.2 Å². The Hall–Kier alpha value is -1.30. The lowest BCUT2D eigenvalue weighted by molar-refractivity contribution is -0.120. The summed E-state index contributed by atoms with van der Waals surface area (Å²) in [6, 6.07) is 4.26. The highest BCUT2D eigenvalue weighted by molar-refractivity contribution is 5.50. The van der Waals surface area contributed by atoms with Gasteiger partial charge < -0.3 is 10.2 Å². The standard InChI is InChI=1S/C15H20F4N2/c1-10(2)21(9-15(17,18)19)14-6-11(5-12(16)7-14)8-20-13-3-4-13/h5-7,10,13,20H,3-4,8-9H2,1-2H3. The van der Waals surface area contributed by atoms with Crippen LogP contribution in [0.3, 0.4) is 0 Å². The van der Waals surface area contributed by atoms with Gasteiger partial charge in [-0.05, 0) is 50.5 Å². The van der Waals surface area contributed by atoms with Gasteiger partial charge in [0.1, 0.15) is 12.4 Å². The Labute approximate surface area is 122 Å². The number of benzene rings is 1. The summed E-state index contributed by atoms with van der Waals surface area (Å²) in [5.41, 5.74) is 0.944. The van der Waals surface area contributed by atoms with Gasteiger partial charge in [-0.25, -0.2) is 4.39 Å². The van der Waals surface area contributed by atoms with Gasteiger partial charge >= 0.3 is 6.18 Å². The second-order valence-corrected chi connectivity index (χ2v) is 5.81. The molecule has 1 aromatic carbocycles. The van der Waals surface area contributed by atoms with Crippen LogP contribution in [0, 0.1) is 5.82 Å². The summed E-state index contributed by atoms with van der Waals surface area (Å²) in [6.07, 6.45) is -2.11. The minimum Gasteiger partial charge on any atom is -0.360 e. The smallest absolute Gasteiger partial charge is 0.360 e. The van der Waals surface area contributed by atoms with Gasteiger partial charge in [0.15, 0.2) is 0 Å². The van der Waals surface area contributed by atoms with Crippen LogP contribution in [-0.4, -0.2) is 24.8 Å². The Morgan fingerprint density at radius 3 is 2.43 bits per heavy atom. The van der Waals surface area contributed by atoms with Crippen molar-refractivity contribution in [2.75, 3.05) is 11.4 Å². The second-order valence-electron chi connectivity index (χ2n) is 5.81. The maximum Gasteiger partial charge on any atom is 0.405 e. The molecule has 0 heterocycles. The van der Waals surface area contributed by atoms with E-state index >= 15 is 0 Å². The van der Waals surface area contributed by atoms with Gasteiger partial charge in [-0.1, -0.05) is 0 Å². The molecular formula is C15H20F4N2. The van der Waals surface area contributed by atoms with Crippen molar-refractivity contribution in [3.63, 3.8) is 0 Å². The number of alkyl halides is 3. The number of nitrogens with one attached hydrogen (secondary N) is 1. The van der Waals surface area contributed by atoms with Crippen molar-refractivity contribution in [1.82, 2.24) is 5.32 Å². The lowest BCUT2D eigenvalue weighted by Gasteiger charge is -2.30. The van der Waals surface area contributed by atoms with Crippen LogP contribution in [0.5, 0.6) is 0 Å². The topological polar surface area (TPSA) is 15.3 Å². The molecule has 1 aromatic rings. The lowest BCUT2D eigenvalue weighted by atomic mass is 10.1. The molecule has 0 saturated heterocycles. The summed E-state index contributed by atoms with van der Waals surface area (Å²) in [5.74, 6) is -0.507. The second kappa shape index (κ2) is 6.22. The highest BCUT2D eigenvalue weighted by Crippen LogP contribution is 2.26. The number of anilines is 1. The predicted octanol–water partition coefficient (Wildman–Crippen LogP) is 3.85. The highest BCUT2D eigenvalue weighted by Gasteiger charge is 2.32. The first-order chi connectivity index (χ1) is 9.74. The molecule has 1 aliphatic carbocycles. The van der Waals surface area contributed by atoms with E-state index in [4.69, 9.17) is 0 Å². The Bertz CT molecular complexity index is 481. The van der Waals surface area contributed by atoms with E-state index in [0.29, 0.717) is 18.2 Å². The zero-order chi connectivity index (χ0) is 15.6. The molecule has 2 nitrogen and oxygen atoms in total. The molecule has 0 aliphatic heterocycles. The quantitative estimate of drug-likeness (QED) is 0.803. The van der Waals surface area contributed by atoms with Crippen LogP contribution in [0.2, 0.25) is 0 Å². The number of nitrogens with zero attached hydrogens (tertiary/aromatic N) is 1. The average molecular weight is 304 g/mol. The SMILES string of the molecule is CC(C)N(CC(F)(F)F)c1cc(F)cc(CNC2CC2)c1. The van der Waals surface area contributed by atoms with Crippen molar-refractivity contribution in [3.05, 3.63) is 29.6 Å². The summed E-state index contributed by atoms with van der Waals surface area (Å²) in [5, 5.41) is 3.24. The minimum atomic E-state index is -4.32. The first-order valence-electron chi connectivity index (χ1n) is 7.11. The molecule has 21 heavy (non-hydrogen) atoms. The third-order valence-corrected chi connectivity index (χ3v) is 3.42. The number of halogens is 4. The molecule has 0 unspecified atom stereocenters. The highest BCUT2D eigenvalue weighted by atomic mass is 19.4. The molecule has 1 saturated carbocycles. The molecule has 118 valence electrons. The number of rotatable bonds is 6. The van der Waals surface area contributed by atoms with E-state index in [1.165, 1.54) is 11.0 Å². The maximum atomic E-state index is 13.7. The third kappa shape index (κ3) is 5.19. The lowest BCUT2D eigenvalue weighted by Crippen LogP contribution is -2.39. The molecule has 2 rings (SSSR count). The molecule has 0 aromatic heterocycles. The monoisotopic (exact) mass is 304 g/mol. The van der Waals surface area contributed by atoms with E-state index < -0.39 is 18.5 Å². The van der Waals surface area contributed by atoms with Crippen molar-refractivity contribution >= 4 is 5.69 Å². The fourth-order valence-corrected chi connectivity index (χ4v) is 2.22. The van der Waals surface area contributed by atoms with Gasteiger partial charge in [0.25, 0.3) is 0 Å². The molecule has 0 amide bonds. The van der Waals surface area contributed by atoms with Gasteiger partial charge in [-0.15, -0.1) is 0 Å². The van der Waals surface area contributed by atoms with Crippen LogP contribution in [0.15, 0.2) is 18.2 Å². The fourth-order valence-electron chi connectivity index (χ4n) is 2.22. The first kappa shape index (κ1) is 16.1. The predicted molar refractivity (Wildman–Crippen MR) is 74.8 cm³/mol. The summed E-state index contributed by atoms with van der Waals surface area (Å²) in [4.78, 5) is 1.17. The zero-order valence-electron chi connectivity index (χ0n) is 12.2. The maximum absolute atomic E-state index is 13.7. The molecule has 1 N–H and O–H groups in total. The summed E-state index contributed by atoms with van der Waals surface area (Å²) in [7, 11) is 0. The van der Waals surface area contributed by atoms with Gasteiger partial charge in [-0.3, -0.25) is 0 Å². The summed E-state index contributed by atoms with van der Waals surface area (Å²) < 4.78 is 51.7. The van der Waals surface area contributed by atoms with Crippen LogP contribution in [0.25, 0.3) is 0 Å². The van der Waals surface area contributed by atoms with Crippen molar-refractivity contribution in [1.29, 1.82) is 0 Å². The number of hydrogen-bond donors (Lipinski definition) is 1. The van der Waals surface area contributed by atoms with Crippen LogP contribution >= 0.6 is 0 Å². The van der Waals surface area contributed by atoms with E-state index in [1.54, 1.807) is 19.9 Å². The molecule has 0 bridgehead atoms. The van der Waals surface area contributed by atoms with Gasteiger partial charge in [0.05, 0.1) is 0 Å². The Morgan fingerprint density at radius 2 is 1.90 bits per heavy atom. The van der Waals surface area contributed by atoms with Crippen LogP contribution in [0.1, 0.15) is 32.3 Å². The molecule has 0 spiro atoms. The van der Waals surface area contributed by atoms with Crippen molar-refractivity contribution in [2.24, 2.45) is 0 Å². The molecule has 6 heteroatoms. The Morgan fingerprint density at radius 1 is 1.24 bits per heavy atom. The molecular weight excluding hydrogens is 284 g/mol. The largest absolute Gasteiger partial charge is 0.405 e. The van der Waals surface area contributed by atoms with Crippen molar-refractivity contribution < 1.29 is 17.6 Å². The van der Waals surface area contributed by atoms with Crippen molar-refractivity contribution in [2.45, 2.75) is 51.5 Å². The van der Waals surface area contributed by atoms with E-state index in [0.717, 1.165) is 18.9 Å². The van der Waals surface area contributed by atoms with Gasteiger partial charge in [0, 0.05) is 24.3 Å². The first-order valence-corrected chi connectivity index (χ1v) is 7.11. The van der Waals surface area contributed by atoms with Crippen LogP contribution < -0.4 is 10.2 Å².